The van der Waals surface area contributed by atoms with Gasteiger partial charge < -0.3 is 15.0 Å². The second-order valence-electron chi connectivity index (χ2n) is 7.70. The Bertz CT molecular complexity index is 1300. The molecule has 0 fully saturated rings. The van der Waals surface area contributed by atoms with Crippen LogP contribution in [0.5, 0.6) is 0 Å². The molecule has 8 heteroatoms. The molecule has 6 nitrogen and oxygen atoms in total. The van der Waals surface area contributed by atoms with Gasteiger partial charge in [-0.2, -0.15) is 0 Å². The first-order chi connectivity index (χ1) is 15.9. The number of nitrogens with zero attached hydrogens (tertiary/aromatic N) is 3. The molecule has 0 spiro atoms. The molecule has 0 unspecified atom stereocenters. The molecule has 168 valence electrons. The van der Waals surface area contributed by atoms with Crippen LogP contribution in [-0.4, -0.2) is 25.5 Å². The van der Waals surface area contributed by atoms with Gasteiger partial charge >= 0.3 is 0 Å². The zero-order chi connectivity index (χ0) is 23.4. The number of carbonyl (C=O) groups is 1. The van der Waals surface area contributed by atoms with Gasteiger partial charge in [-0.15, -0.1) is 0 Å². The van der Waals surface area contributed by atoms with E-state index in [4.69, 9.17) is 23.2 Å². The molecule has 0 saturated heterocycles. The number of aliphatic hydroxyl groups is 1. The number of hydrogen-bond donors (Lipinski definition) is 2. The fourth-order valence-electron chi connectivity index (χ4n) is 3.44. The van der Waals surface area contributed by atoms with Crippen molar-refractivity contribution >= 4 is 29.1 Å². The fourth-order valence-corrected chi connectivity index (χ4v) is 3.76. The number of amides is 1. The average molecular weight is 481 g/mol. The highest BCUT2D eigenvalue weighted by Crippen LogP contribution is 2.23. The van der Waals surface area contributed by atoms with E-state index in [0.717, 1.165) is 27.9 Å². The molecule has 2 aromatic carbocycles. The molecule has 0 atom stereocenters. The van der Waals surface area contributed by atoms with Crippen molar-refractivity contribution in [1.82, 2.24) is 19.9 Å². The van der Waals surface area contributed by atoms with Crippen LogP contribution in [0.4, 0.5) is 0 Å². The molecule has 0 saturated carbocycles. The number of imidazole rings is 1. The van der Waals surface area contributed by atoms with Gasteiger partial charge in [0, 0.05) is 30.5 Å². The first kappa shape index (κ1) is 23.0. The number of rotatable bonds is 7. The SMILES string of the molecule is Cc1cncn1Cc1cc(C(=O)NCc2ccc(Cl)c(Cl)c2)nc(-c2cccc(CO)c2)c1. The number of carbonyl (C=O) groups excluding carboxylic acids is 1. The van der Waals surface area contributed by atoms with E-state index < -0.39 is 0 Å². The zero-order valence-electron chi connectivity index (χ0n) is 17.9. The molecule has 33 heavy (non-hydrogen) atoms. The lowest BCUT2D eigenvalue weighted by molar-refractivity contribution is 0.0946. The van der Waals surface area contributed by atoms with Crippen molar-refractivity contribution in [2.45, 2.75) is 26.6 Å². The summed E-state index contributed by atoms with van der Waals surface area (Å²) in [6.45, 7) is 2.75. The van der Waals surface area contributed by atoms with Crippen molar-refractivity contribution in [3.8, 4) is 11.3 Å². The number of pyridine rings is 1. The molecule has 0 aliphatic heterocycles. The quantitative estimate of drug-likeness (QED) is 0.388. The van der Waals surface area contributed by atoms with Gasteiger partial charge in [0.2, 0.25) is 0 Å². The summed E-state index contributed by atoms with van der Waals surface area (Å²) in [5.74, 6) is -0.301. The normalized spacial score (nSPS) is 10.9. The van der Waals surface area contributed by atoms with E-state index in [2.05, 4.69) is 15.3 Å². The van der Waals surface area contributed by atoms with E-state index in [-0.39, 0.29) is 19.1 Å². The molecule has 4 aromatic rings. The van der Waals surface area contributed by atoms with Crippen molar-refractivity contribution in [3.63, 3.8) is 0 Å². The number of aromatic nitrogens is 3. The Balaban J connectivity index is 1.64. The Morgan fingerprint density at radius 1 is 1.03 bits per heavy atom. The lowest BCUT2D eigenvalue weighted by Gasteiger charge is -2.12. The van der Waals surface area contributed by atoms with Crippen LogP contribution in [0.3, 0.4) is 0 Å². The monoisotopic (exact) mass is 480 g/mol. The maximum absolute atomic E-state index is 13.0. The third-order valence-corrected chi connectivity index (χ3v) is 5.97. The number of hydrogen-bond acceptors (Lipinski definition) is 4. The lowest BCUT2D eigenvalue weighted by Crippen LogP contribution is -2.24. The molecular weight excluding hydrogens is 459 g/mol. The van der Waals surface area contributed by atoms with E-state index in [1.165, 1.54) is 0 Å². The van der Waals surface area contributed by atoms with Gasteiger partial charge in [0.25, 0.3) is 5.91 Å². The molecule has 2 aromatic heterocycles. The second kappa shape index (κ2) is 10.2. The number of halogens is 2. The second-order valence-corrected chi connectivity index (χ2v) is 8.51. The molecule has 0 aliphatic carbocycles. The molecule has 2 N–H and O–H groups in total. The van der Waals surface area contributed by atoms with Crippen molar-refractivity contribution in [3.05, 3.63) is 105 Å². The molecule has 2 heterocycles. The molecular formula is C25H22Cl2N4O2. The average Bonchev–Trinajstić information content (AvgIpc) is 3.23. The Morgan fingerprint density at radius 2 is 1.88 bits per heavy atom. The predicted octanol–water partition coefficient (Wildman–Crippen LogP) is 5.03. The van der Waals surface area contributed by atoms with Crippen molar-refractivity contribution in [2.24, 2.45) is 0 Å². The minimum absolute atomic E-state index is 0.0707. The van der Waals surface area contributed by atoms with Crippen molar-refractivity contribution in [1.29, 1.82) is 0 Å². The summed E-state index contributed by atoms with van der Waals surface area (Å²) in [4.78, 5) is 21.8. The number of nitrogens with one attached hydrogen (secondary N) is 1. The topological polar surface area (TPSA) is 80.0 Å². The summed E-state index contributed by atoms with van der Waals surface area (Å²) in [5, 5.41) is 13.3. The first-order valence-electron chi connectivity index (χ1n) is 10.3. The smallest absolute Gasteiger partial charge is 0.270 e. The Hall–Kier alpha value is -3.19. The predicted molar refractivity (Wildman–Crippen MR) is 129 cm³/mol. The van der Waals surface area contributed by atoms with Gasteiger partial charge in [0.15, 0.2) is 0 Å². The highest BCUT2D eigenvalue weighted by Gasteiger charge is 2.13. The van der Waals surface area contributed by atoms with Crippen LogP contribution in [0.25, 0.3) is 11.3 Å². The standard InChI is InChI=1S/C25H22Cl2N4O2/c1-16-11-28-15-31(16)13-19-9-23(20-4-2-3-18(7-20)14-32)30-24(10-19)25(33)29-12-17-5-6-21(26)22(27)8-17/h2-11,15,32H,12-14H2,1H3,(H,29,33). The van der Waals surface area contributed by atoms with Crippen LogP contribution in [-0.2, 0) is 19.7 Å². The van der Waals surface area contributed by atoms with Gasteiger partial charge in [-0.05, 0) is 53.9 Å². The highest BCUT2D eigenvalue weighted by molar-refractivity contribution is 6.42. The summed E-state index contributed by atoms with van der Waals surface area (Å²) in [7, 11) is 0. The van der Waals surface area contributed by atoms with Gasteiger partial charge in [-0.3, -0.25) is 4.79 Å². The van der Waals surface area contributed by atoms with E-state index in [0.29, 0.717) is 28.0 Å². The van der Waals surface area contributed by atoms with Crippen LogP contribution < -0.4 is 5.32 Å². The van der Waals surface area contributed by atoms with E-state index >= 15 is 0 Å². The number of aryl methyl sites for hydroxylation is 1. The fraction of sp³-hybridized carbons (Fsp3) is 0.160. The molecule has 4 rings (SSSR count). The van der Waals surface area contributed by atoms with Crippen LogP contribution in [0.15, 0.2) is 67.1 Å². The van der Waals surface area contributed by atoms with E-state index in [1.54, 1.807) is 30.7 Å². The lowest BCUT2D eigenvalue weighted by atomic mass is 10.0. The molecule has 0 bridgehead atoms. The minimum Gasteiger partial charge on any atom is -0.392 e. The van der Waals surface area contributed by atoms with Gasteiger partial charge in [0.1, 0.15) is 5.69 Å². The minimum atomic E-state index is -0.301. The maximum Gasteiger partial charge on any atom is 0.270 e. The maximum atomic E-state index is 13.0. The van der Waals surface area contributed by atoms with Gasteiger partial charge in [-0.1, -0.05) is 47.5 Å². The number of benzene rings is 2. The summed E-state index contributed by atoms with van der Waals surface area (Å²) >= 11 is 12.1. The van der Waals surface area contributed by atoms with Crippen molar-refractivity contribution < 1.29 is 9.90 Å². The largest absolute Gasteiger partial charge is 0.392 e. The zero-order valence-corrected chi connectivity index (χ0v) is 19.4. The highest BCUT2D eigenvalue weighted by atomic mass is 35.5. The van der Waals surface area contributed by atoms with E-state index in [9.17, 15) is 9.90 Å². The van der Waals surface area contributed by atoms with Gasteiger partial charge in [-0.25, -0.2) is 9.97 Å². The Kier molecular flexibility index (Phi) is 7.08. The van der Waals surface area contributed by atoms with E-state index in [1.807, 2.05) is 47.9 Å². The number of aliphatic hydroxyl groups excluding tert-OH is 1. The summed E-state index contributed by atoms with van der Waals surface area (Å²) < 4.78 is 2.00. The summed E-state index contributed by atoms with van der Waals surface area (Å²) in [5.41, 5.74) is 5.31. The molecule has 1 amide bonds. The van der Waals surface area contributed by atoms with Crippen LogP contribution in [0.2, 0.25) is 10.0 Å². The third kappa shape index (κ3) is 5.60. The summed E-state index contributed by atoms with van der Waals surface area (Å²) in [6, 6.07) is 16.4. The van der Waals surface area contributed by atoms with Crippen LogP contribution in [0.1, 0.15) is 32.9 Å². The summed E-state index contributed by atoms with van der Waals surface area (Å²) in [6.07, 6.45) is 3.55. The molecule has 0 aliphatic rings. The van der Waals surface area contributed by atoms with Gasteiger partial charge in [0.05, 0.1) is 28.7 Å². The van der Waals surface area contributed by atoms with Crippen LogP contribution >= 0.6 is 23.2 Å². The Morgan fingerprint density at radius 3 is 2.61 bits per heavy atom. The third-order valence-electron chi connectivity index (χ3n) is 5.23. The first-order valence-corrected chi connectivity index (χ1v) is 11.1. The Labute approximate surface area is 201 Å². The van der Waals surface area contributed by atoms with Crippen LogP contribution in [0, 0.1) is 6.92 Å². The molecule has 0 radical (unpaired) electrons. The van der Waals surface area contributed by atoms with Crippen molar-refractivity contribution in [2.75, 3.05) is 0 Å².